The Morgan fingerprint density at radius 2 is 1.62 bits per heavy atom. The van der Waals surface area contributed by atoms with Crippen molar-refractivity contribution in [2.24, 2.45) is 0 Å². The molecule has 0 saturated heterocycles. The molecule has 1 amide bonds. The number of nitrogens with one attached hydrogen (secondary N) is 2. The second kappa shape index (κ2) is 10.0. The number of fused-ring (bicyclic) bond motifs is 1. The van der Waals surface area contributed by atoms with Crippen LogP contribution >= 0.6 is 12.2 Å². The zero-order chi connectivity index (χ0) is 26.1. The highest BCUT2D eigenvalue weighted by Gasteiger charge is 2.15. The molecule has 186 valence electrons. The summed E-state index contributed by atoms with van der Waals surface area (Å²) in [6, 6.07) is 23.0. The monoisotopic (exact) mass is 509 g/mol. The Labute approximate surface area is 220 Å². The number of aryl methyl sites for hydroxylation is 2. The Morgan fingerprint density at radius 3 is 2.35 bits per heavy atom. The highest BCUT2D eigenvalue weighted by Crippen LogP contribution is 2.28. The van der Waals surface area contributed by atoms with Gasteiger partial charge in [0.2, 0.25) is 5.89 Å². The lowest BCUT2D eigenvalue weighted by Crippen LogP contribution is -2.33. The van der Waals surface area contributed by atoms with Crippen molar-refractivity contribution >= 4 is 40.0 Å². The van der Waals surface area contributed by atoms with Gasteiger partial charge in [-0.1, -0.05) is 32.0 Å². The smallest absolute Gasteiger partial charge is 0.293 e. The molecule has 0 aliphatic heterocycles. The van der Waals surface area contributed by atoms with Crippen LogP contribution in [0.15, 0.2) is 81.6 Å². The van der Waals surface area contributed by atoms with Crippen molar-refractivity contribution in [3.63, 3.8) is 0 Å². The summed E-state index contributed by atoms with van der Waals surface area (Å²) in [4.78, 5) is 17.3. The van der Waals surface area contributed by atoms with Crippen LogP contribution in [0.25, 0.3) is 33.9 Å². The van der Waals surface area contributed by atoms with Gasteiger partial charge in [0.25, 0.3) is 5.91 Å². The number of hydrogen-bond acceptors (Lipinski definition) is 5. The second-order valence-electron chi connectivity index (χ2n) is 9.35. The molecule has 5 rings (SSSR count). The molecule has 3 aromatic carbocycles. The molecule has 6 nitrogen and oxygen atoms in total. The van der Waals surface area contributed by atoms with Crippen LogP contribution in [-0.2, 0) is 0 Å². The van der Waals surface area contributed by atoms with Crippen LogP contribution in [0.3, 0.4) is 0 Å². The molecule has 0 aliphatic carbocycles. The number of thiocarbonyl (C=S) groups is 1. The summed E-state index contributed by atoms with van der Waals surface area (Å²) in [6.45, 7) is 8.40. The Kier molecular flexibility index (Phi) is 6.63. The maximum Gasteiger partial charge on any atom is 0.293 e. The van der Waals surface area contributed by atoms with Crippen LogP contribution in [0.2, 0.25) is 0 Å². The number of rotatable bonds is 5. The molecule has 0 saturated carbocycles. The van der Waals surface area contributed by atoms with Gasteiger partial charge in [-0.3, -0.25) is 10.1 Å². The Bertz CT molecular complexity index is 1610. The van der Waals surface area contributed by atoms with Crippen molar-refractivity contribution in [3.8, 4) is 22.8 Å². The predicted molar refractivity (Wildman–Crippen MR) is 151 cm³/mol. The Balaban J connectivity index is 1.22. The standard InChI is InChI=1S/C30H27N3O3S/c1-17(2)21-9-12-26-24(16-21)32-29(36-26)20-7-10-23(11-8-20)31-30(37)33-28(34)27-14-13-25(35-27)22-6-5-18(3)19(4)15-22/h5-17H,1-4H3,(H2,31,33,34,37). The van der Waals surface area contributed by atoms with Crippen LogP contribution in [0.4, 0.5) is 5.69 Å². The van der Waals surface area contributed by atoms with Crippen molar-refractivity contribution in [3.05, 3.63) is 95.2 Å². The van der Waals surface area contributed by atoms with E-state index >= 15 is 0 Å². The van der Waals surface area contributed by atoms with Gasteiger partial charge in [-0.15, -0.1) is 0 Å². The predicted octanol–water partition coefficient (Wildman–Crippen LogP) is 7.62. The second-order valence-corrected chi connectivity index (χ2v) is 9.76. The van der Waals surface area contributed by atoms with Gasteiger partial charge in [-0.05, 0) is 103 Å². The maximum absolute atomic E-state index is 12.6. The number of oxazole rings is 1. The topological polar surface area (TPSA) is 80.3 Å². The highest BCUT2D eigenvalue weighted by molar-refractivity contribution is 7.80. The maximum atomic E-state index is 12.6. The minimum atomic E-state index is -0.420. The van der Waals surface area contributed by atoms with E-state index in [1.807, 2.05) is 55.5 Å². The Hall–Kier alpha value is -4.23. The lowest BCUT2D eigenvalue weighted by Gasteiger charge is -2.09. The van der Waals surface area contributed by atoms with Gasteiger partial charge in [0.05, 0.1) is 0 Å². The normalized spacial score (nSPS) is 11.2. The third kappa shape index (κ3) is 5.32. The summed E-state index contributed by atoms with van der Waals surface area (Å²) in [5, 5.41) is 5.86. The van der Waals surface area contributed by atoms with Gasteiger partial charge in [-0.25, -0.2) is 4.98 Å². The molecule has 0 spiro atoms. The number of anilines is 1. The zero-order valence-electron chi connectivity index (χ0n) is 21.1. The lowest BCUT2D eigenvalue weighted by atomic mass is 10.0. The van der Waals surface area contributed by atoms with Gasteiger partial charge in [-0.2, -0.15) is 0 Å². The van der Waals surface area contributed by atoms with Crippen LogP contribution < -0.4 is 10.6 Å². The number of nitrogens with zero attached hydrogens (tertiary/aromatic N) is 1. The number of aromatic nitrogens is 1. The summed E-state index contributed by atoms with van der Waals surface area (Å²) in [6.07, 6.45) is 0. The van der Waals surface area contributed by atoms with E-state index in [0.717, 1.165) is 33.5 Å². The molecule has 0 fully saturated rings. The Morgan fingerprint density at radius 1 is 0.865 bits per heavy atom. The van der Waals surface area contributed by atoms with E-state index in [1.165, 1.54) is 11.1 Å². The third-order valence-electron chi connectivity index (χ3n) is 6.32. The van der Waals surface area contributed by atoms with Gasteiger partial charge in [0.1, 0.15) is 11.3 Å². The molecule has 0 bridgehead atoms. The average molecular weight is 510 g/mol. The molecule has 0 unspecified atom stereocenters. The first-order chi connectivity index (χ1) is 17.8. The minimum Gasteiger partial charge on any atom is -0.451 e. The van der Waals surface area contributed by atoms with E-state index < -0.39 is 5.91 Å². The van der Waals surface area contributed by atoms with Crippen LogP contribution in [0.1, 0.15) is 47.0 Å². The molecule has 0 atom stereocenters. The summed E-state index contributed by atoms with van der Waals surface area (Å²) >= 11 is 5.33. The van der Waals surface area contributed by atoms with Gasteiger partial charge in [0, 0.05) is 16.8 Å². The van der Waals surface area contributed by atoms with Crippen molar-refractivity contribution in [2.75, 3.05) is 5.32 Å². The fourth-order valence-corrected chi connectivity index (χ4v) is 4.17. The van der Waals surface area contributed by atoms with Gasteiger partial charge < -0.3 is 14.2 Å². The number of amides is 1. The average Bonchev–Trinajstić information content (AvgIpc) is 3.53. The molecular formula is C30H27N3O3S. The van der Waals surface area contributed by atoms with E-state index in [9.17, 15) is 4.79 Å². The first kappa shape index (κ1) is 24.5. The fraction of sp³-hybridized carbons (Fsp3) is 0.167. The summed E-state index contributed by atoms with van der Waals surface area (Å²) in [5.41, 5.74) is 7.66. The minimum absolute atomic E-state index is 0.171. The van der Waals surface area contributed by atoms with E-state index in [-0.39, 0.29) is 10.9 Å². The molecule has 2 heterocycles. The van der Waals surface area contributed by atoms with Crippen molar-refractivity contribution in [1.29, 1.82) is 0 Å². The largest absolute Gasteiger partial charge is 0.451 e. The zero-order valence-corrected chi connectivity index (χ0v) is 21.9. The van der Waals surface area contributed by atoms with Crippen molar-refractivity contribution in [1.82, 2.24) is 10.3 Å². The van der Waals surface area contributed by atoms with E-state index in [2.05, 4.69) is 48.5 Å². The van der Waals surface area contributed by atoms with Gasteiger partial charge in [0.15, 0.2) is 16.5 Å². The highest BCUT2D eigenvalue weighted by atomic mass is 32.1. The molecule has 2 aromatic heterocycles. The number of carbonyl (C=O) groups is 1. The first-order valence-corrected chi connectivity index (χ1v) is 12.5. The third-order valence-corrected chi connectivity index (χ3v) is 6.52. The van der Waals surface area contributed by atoms with E-state index in [4.69, 9.17) is 21.1 Å². The molecule has 0 radical (unpaired) electrons. The first-order valence-electron chi connectivity index (χ1n) is 12.1. The summed E-state index contributed by atoms with van der Waals surface area (Å²) < 4.78 is 11.7. The van der Waals surface area contributed by atoms with Crippen LogP contribution in [0.5, 0.6) is 0 Å². The lowest BCUT2D eigenvalue weighted by molar-refractivity contribution is 0.0951. The fourth-order valence-electron chi connectivity index (χ4n) is 3.96. The molecule has 37 heavy (non-hydrogen) atoms. The quantitative estimate of drug-likeness (QED) is 0.237. The molecule has 0 aliphatic rings. The van der Waals surface area contributed by atoms with Crippen molar-refractivity contribution in [2.45, 2.75) is 33.6 Å². The van der Waals surface area contributed by atoms with E-state index in [1.54, 1.807) is 12.1 Å². The van der Waals surface area contributed by atoms with Crippen LogP contribution in [-0.4, -0.2) is 16.0 Å². The number of furan rings is 1. The van der Waals surface area contributed by atoms with Crippen LogP contribution in [0, 0.1) is 13.8 Å². The SMILES string of the molecule is Cc1ccc(-c2ccc(C(=O)NC(=S)Nc3ccc(-c4nc5cc(C(C)C)ccc5o4)cc3)o2)cc1C. The number of carbonyl (C=O) groups excluding carboxylic acids is 1. The molecule has 2 N–H and O–H groups in total. The summed E-state index contributed by atoms with van der Waals surface area (Å²) in [7, 11) is 0. The molecular weight excluding hydrogens is 482 g/mol. The van der Waals surface area contributed by atoms with E-state index in [0.29, 0.717) is 17.6 Å². The molecule has 7 heteroatoms. The molecule has 5 aromatic rings. The number of benzene rings is 3. The van der Waals surface area contributed by atoms with Gasteiger partial charge >= 0.3 is 0 Å². The number of hydrogen-bond donors (Lipinski definition) is 2. The summed E-state index contributed by atoms with van der Waals surface area (Å²) in [5.74, 6) is 1.37. The van der Waals surface area contributed by atoms with Crippen molar-refractivity contribution < 1.29 is 13.6 Å².